The molecule has 0 saturated heterocycles. The summed E-state index contributed by atoms with van der Waals surface area (Å²) in [6.45, 7) is 0. The van der Waals surface area contributed by atoms with Crippen LogP contribution in [0.5, 0.6) is 0 Å². The van der Waals surface area contributed by atoms with Gasteiger partial charge >= 0.3 is 11.9 Å². The smallest absolute Gasteiger partial charge is 0.368 e. The van der Waals surface area contributed by atoms with Gasteiger partial charge in [-0.25, -0.2) is 4.79 Å². The van der Waals surface area contributed by atoms with E-state index in [1.54, 1.807) is 0 Å². The lowest BCUT2D eigenvalue weighted by atomic mass is 10.1. The largest absolute Gasteiger partial charge is 0.416 e. The topological polar surface area (TPSA) is 84.7 Å². The molecule has 1 aromatic carbocycles. The van der Waals surface area contributed by atoms with Crippen molar-refractivity contribution < 1.29 is 13.2 Å². The third-order valence-corrected chi connectivity index (χ3v) is 2.91. The molecular weight excluding hydrogens is 329 g/mol. The fourth-order valence-corrected chi connectivity index (χ4v) is 1.85. The maximum absolute atomic E-state index is 12.6. The minimum Gasteiger partial charge on any atom is -0.368 e. The predicted octanol–water partition coefficient (Wildman–Crippen LogP) is 2.20. The van der Waals surface area contributed by atoms with Gasteiger partial charge in [0, 0.05) is 10.0 Å². The third-order valence-electron chi connectivity index (χ3n) is 2.22. The van der Waals surface area contributed by atoms with Crippen molar-refractivity contribution in [3.63, 3.8) is 0 Å². The molecule has 0 atom stereocenters. The van der Waals surface area contributed by atoms with Crippen molar-refractivity contribution in [2.75, 3.05) is 5.73 Å². The summed E-state index contributed by atoms with van der Waals surface area (Å²) in [6.07, 6.45) is -4.49. The van der Waals surface area contributed by atoms with E-state index in [1.807, 2.05) is 0 Å². The van der Waals surface area contributed by atoms with Crippen LogP contribution in [0.15, 0.2) is 27.5 Å². The summed E-state index contributed by atoms with van der Waals surface area (Å²) >= 11 is 3.09. The zero-order chi connectivity index (χ0) is 14.2. The third kappa shape index (κ3) is 2.92. The number of hydrogen-bond donors (Lipinski definition) is 2. The van der Waals surface area contributed by atoms with Crippen LogP contribution in [-0.2, 0) is 6.18 Å². The zero-order valence-corrected chi connectivity index (χ0v) is 10.7. The molecule has 2 rings (SSSR count). The van der Waals surface area contributed by atoms with Gasteiger partial charge in [-0.15, -0.1) is 0 Å². The molecule has 2 aromatic rings. The summed E-state index contributed by atoms with van der Waals surface area (Å²) in [5, 5.41) is 0. The first-order valence-electron chi connectivity index (χ1n) is 4.88. The number of rotatable bonds is 1. The van der Waals surface area contributed by atoms with Gasteiger partial charge in [-0.1, -0.05) is 15.9 Å². The number of anilines is 1. The number of nitrogens with zero attached hydrogens (tertiary/aromatic N) is 2. The first-order chi connectivity index (χ1) is 8.77. The Morgan fingerprint density at radius 1 is 1.26 bits per heavy atom. The summed E-state index contributed by atoms with van der Waals surface area (Å²) in [5.74, 6) is -0.404. The fourth-order valence-electron chi connectivity index (χ4n) is 1.41. The van der Waals surface area contributed by atoms with E-state index in [0.29, 0.717) is 4.47 Å². The van der Waals surface area contributed by atoms with Crippen LogP contribution in [-0.4, -0.2) is 15.0 Å². The Labute approximate surface area is 112 Å². The van der Waals surface area contributed by atoms with Gasteiger partial charge in [0.15, 0.2) is 0 Å². The Kier molecular flexibility index (Phi) is 3.31. The first kappa shape index (κ1) is 13.5. The van der Waals surface area contributed by atoms with Crippen molar-refractivity contribution >= 4 is 21.9 Å². The summed E-state index contributed by atoms with van der Waals surface area (Å²) in [7, 11) is 0. The van der Waals surface area contributed by atoms with E-state index in [9.17, 15) is 18.0 Å². The lowest BCUT2D eigenvalue weighted by molar-refractivity contribution is -0.137. The molecule has 5 nitrogen and oxygen atoms in total. The van der Waals surface area contributed by atoms with Crippen molar-refractivity contribution in [1.82, 2.24) is 15.0 Å². The number of nitrogens with one attached hydrogen (secondary N) is 1. The maximum Gasteiger partial charge on any atom is 0.416 e. The molecule has 0 saturated carbocycles. The minimum atomic E-state index is -4.49. The number of halogens is 4. The summed E-state index contributed by atoms with van der Waals surface area (Å²) < 4.78 is 38.2. The highest BCUT2D eigenvalue weighted by Crippen LogP contribution is 2.34. The maximum atomic E-state index is 12.6. The van der Waals surface area contributed by atoms with Crippen LogP contribution in [0.2, 0.25) is 0 Å². The molecule has 100 valence electrons. The molecule has 0 aliphatic heterocycles. The molecule has 0 bridgehead atoms. The van der Waals surface area contributed by atoms with Crippen molar-refractivity contribution in [1.29, 1.82) is 0 Å². The van der Waals surface area contributed by atoms with Gasteiger partial charge < -0.3 is 5.73 Å². The van der Waals surface area contributed by atoms with E-state index in [2.05, 4.69) is 30.9 Å². The molecule has 0 spiro atoms. The molecule has 0 radical (unpaired) electrons. The molecule has 19 heavy (non-hydrogen) atoms. The number of nitrogen functional groups attached to an aromatic ring is 1. The highest BCUT2D eigenvalue weighted by atomic mass is 79.9. The van der Waals surface area contributed by atoms with Gasteiger partial charge in [0.1, 0.15) is 5.82 Å². The molecule has 0 aliphatic rings. The number of aromatic nitrogens is 3. The fraction of sp³-hybridized carbons (Fsp3) is 0.100. The highest BCUT2D eigenvalue weighted by Gasteiger charge is 2.31. The van der Waals surface area contributed by atoms with E-state index in [1.165, 1.54) is 6.07 Å². The van der Waals surface area contributed by atoms with Crippen molar-refractivity contribution in [2.45, 2.75) is 6.18 Å². The number of H-pyrrole nitrogens is 1. The molecule has 1 aromatic heterocycles. The Hall–Kier alpha value is -1.90. The average Bonchev–Trinajstić information content (AvgIpc) is 2.26. The Bertz CT molecular complexity index is 683. The Morgan fingerprint density at radius 3 is 2.53 bits per heavy atom. The second-order valence-electron chi connectivity index (χ2n) is 3.55. The number of aromatic amines is 1. The molecule has 3 N–H and O–H groups in total. The van der Waals surface area contributed by atoms with Crippen LogP contribution in [0.25, 0.3) is 11.4 Å². The minimum absolute atomic E-state index is 0.0704. The molecule has 0 aliphatic carbocycles. The SMILES string of the molecule is Nc1nc(-c2cc(C(F)(F)F)ccc2Br)[nH]c(=O)n1. The van der Waals surface area contributed by atoms with E-state index >= 15 is 0 Å². The number of benzene rings is 1. The van der Waals surface area contributed by atoms with Crippen LogP contribution in [0.3, 0.4) is 0 Å². The molecule has 0 amide bonds. The van der Waals surface area contributed by atoms with Crippen LogP contribution in [0, 0.1) is 0 Å². The molecule has 0 unspecified atom stereocenters. The summed E-state index contributed by atoms with van der Waals surface area (Å²) in [4.78, 5) is 20.4. The first-order valence-corrected chi connectivity index (χ1v) is 5.67. The molecular formula is C10H6BrF3N4O. The molecule has 0 fully saturated rings. The molecule has 9 heteroatoms. The average molecular weight is 335 g/mol. The Morgan fingerprint density at radius 2 is 1.95 bits per heavy atom. The summed E-state index contributed by atoms with van der Waals surface area (Å²) in [6, 6.07) is 2.99. The van der Waals surface area contributed by atoms with Crippen LogP contribution in [0.4, 0.5) is 19.1 Å². The quantitative estimate of drug-likeness (QED) is 0.837. The van der Waals surface area contributed by atoms with Crippen molar-refractivity contribution in [2.24, 2.45) is 0 Å². The normalized spacial score (nSPS) is 11.6. The predicted molar refractivity (Wildman–Crippen MR) is 65.2 cm³/mol. The van der Waals surface area contributed by atoms with Crippen LogP contribution < -0.4 is 11.4 Å². The van der Waals surface area contributed by atoms with Crippen LogP contribution in [0.1, 0.15) is 5.56 Å². The van der Waals surface area contributed by atoms with Gasteiger partial charge in [-0.2, -0.15) is 23.1 Å². The van der Waals surface area contributed by atoms with Gasteiger partial charge in [0.2, 0.25) is 5.95 Å². The lowest BCUT2D eigenvalue weighted by Gasteiger charge is -2.10. The second kappa shape index (κ2) is 4.65. The zero-order valence-electron chi connectivity index (χ0n) is 9.12. The Balaban J connectivity index is 2.64. The highest BCUT2D eigenvalue weighted by molar-refractivity contribution is 9.10. The van der Waals surface area contributed by atoms with Crippen molar-refractivity contribution in [3.05, 3.63) is 38.7 Å². The van der Waals surface area contributed by atoms with E-state index < -0.39 is 17.4 Å². The van der Waals surface area contributed by atoms with Crippen molar-refractivity contribution in [3.8, 4) is 11.4 Å². The number of hydrogen-bond acceptors (Lipinski definition) is 4. The number of nitrogens with two attached hydrogens (primary N) is 1. The number of alkyl halides is 3. The van der Waals surface area contributed by atoms with E-state index in [-0.39, 0.29) is 17.3 Å². The van der Waals surface area contributed by atoms with Crippen LogP contribution >= 0.6 is 15.9 Å². The van der Waals surface area contributed by atoms with Gasteiger partial charge in [0.25, 0.3) is 0 Å². The monoisotopic (exact) mass is 334 g/mol. The lowest BCUT2D eigenvalue weighted by Crippen LogP contribution is -2.16. The van der Waals surface area contributed by atoms with E-state index in [4.69, 9.17) is 5.73 Å². The van der Waals surface area contributed by atoms with E-state index in [0.717, 1.165) is 12.1 Å². The van der Waals surface area contributed by atoms with Gasteiger partial charge in [-0.05, 0) is 18.2 Å². The second-order valence-corrected chi connectivity index (χ2v) is 4.41. The van der Waals surface area contributed by atoms with Gasteiger partial charge in [-0.3, -0.25) is 4.98 Å². The summed E-state index contributed by atoms with van der Waals surface area (Å²) in [5.41, 5.74) is 3.72. The molecule has 1 heterocycles. The van der Waals surface area contributed by atoms with Gasteiger partial charge in [0.05, 0.1) is 5.56 Å². The standard InChI is InChI=1S/C10H6BrF3N4O/c11-6-2-1-4(10(12,13)14)3-5(6)7-16-8(15)18-9(19)17-7/h1-3H,(H3,15,16,17,18,19).